The molecule has 0 aliphatic carbocycles. The van der Waals surface area contributed by atoms with Crippen molar-refractivity contribution in [3.05, 3.63) is 108 Å². The number of benzene rings is 3. The number of carboxylic acid groups (broad SMARTS) is 1. The number of rotatable bonds is 8. The van der Waals surface area contributed by atoms with Crippen molar-refractivity contribution in [1.82, 2.24) is 4.90 Å². The van der Waals surface area contributed by atoms with E-state index in [9.17, 15) is 9.90 Å². The predicted molar refractivity (Wildman–Crippen MR) is 113 cm³/mol. The molecule has 0 aromatic heterocycles. The Hall–Kier alpha value is -2.91. The molecule has 3 nitrogen and oxygen atoms in total. The first-order chi connectivity index (χ1) is 13.6. The molecule has 3 atom stereocenters. The second-order valence-corrected chi connectivity index (χ2v) is 7.23. The average Bonchev–Trinajstić information content (AvgIpc) is 2.74. The van der Waals surface area contributed by atoms with E-state index in [0.29, 0.717) is 6.54 Å². The molecule has 28 heavy (non-hydrogen) atoms. The Balaban J connectivity index is 2.06. The van der Waals surface area contributed by atoms with Crippen LogP contribution in [0.4, 0.5) is 0 Å². The van der Waals surface area contributed by atoms with Crippen molar-refractivity contribution >= 4 is 5.97 Å². The summed E-state index contributed by atoms with van der Waals surface area (Å²) >= 11 is 0. The van der Waals surface area contributed by atoms with Gasteiger partial charge in [-0.1, -0.05) is 97.9 Å². The van der Waals surface area contributed by atoms with Crippen LogP contribution in [0.15, 0.2) is 91.0 Å². The van der Waals surface area contributed by atoms with Crippen molar-refractivity contribution in [2.45, 2.75) is 32.5 Å². The molecule has 3 rings (SSSR count). The van der Waals surface area contributed by atoms with Crippen molar-refractivity contribution in [3.63, 3.8) is 0 Å². The molecule has 0 saturated carbocycles. The Labute approximate surface area is 167 Å². The molecule has 0 heterocycles. The van der Waals surface area contributed by atoms with E-state index in [4.69, 9.17) is 0 Å². The van der Waals surface area contributed by atoms with Crippen LogP contribution in [0.2, 0.25) is 0 Å². The molecule has 0 unspecified atom stereocenters. The minimum atomic E-state index is -0.785. The Morgan fingerprint density at radius 1 is 0.786 bits per heavy atom. The lowest BCUT2D eigenvalue weighted by molar-refractivity contribution is -0.144. The van der Waals surface area contributed by atoms with Crippen molar-refractivity contribution in [2.24, 2.45) is 5.92 Å². The van der Waals surface area contributed by atoms with Crippen LogP contribution in [-0.2, 0) is 11.3 Å². The zero-order valence-corrected chi connectivity index (χ0v) is 16.4. The zero-order chi connectivity index (χ0) is 19.9. The van der Waals surface area contributed by atoms with Crippen molar-refractivity contribution in [3.8, 4) is 0 Å². The van der Waals surface area contributed by atoms with Crippen LogP contribution in [0.25, 0.3) is 0 Å². The van der Waals surface area contributed by atoms with Gasteiger partial charge in [-0.3, -0.25) is 9.69 Å². The smallest absolute Gasteiger partial charge is 0.308 e. The average molecular weight is 373 g/mol. The van der Waals surface area contributed by atoms with Gasteiger partial charge in [0, 0.05) is 18.6 Å². The molecule has 1 N–H and O–H groups in total. The molecule has 3 aromatic rings. The molecule has 3 heteroatoms. The van der Waals surface area contributed by atoms with Gasteiger partial charge in [-0.05, 0) is 23.6 Å². The number of aliphatic carboxylic acids is 1. The van der Waals surface area contributed by atoms with Gasteiger partial charge in [0.2, 0.25) is 0 Å². The van der Waals surface area contributed by atoms with Gasteiger partial charge >= 0.3 is 5.97 Å². The highest BCUT2D eigenvalue weighted by atomic mass is 16.4. The van der Waals surface area contributed by atoms with Gasteiger partial charge in [0.05, 0.1) is 5.92 Å². The topological polar surface area (TPSA) is 40.5 Å². The molecular formula is C25H27NO2. The first kappa shape index (κ1) is 19.8. The molecule has 0 bridgehead atoms. The molecule has 0 radical (unpaired) electrons. The van der Waals surface area contributed by atoms with E-state index in [1.54, 1.807) is 6.92 Å². The van der Waals surface area contributed by atoms with Crippen LogP contribution in [0.1, 0.15) is 42.6 Å². The lowest BCUT2D eigenvalue weighted by Crippen LogP contribution is -2.37. The van der Waals surface area contributed by atoms with Crippen molar-refractivity contribution in [1.29, 1.82) is 0 Å². The maximum Gasteiger partial charge on any atom is 0.308 e. The Bertz CT molecular complexity index is 865. The standard InChI is InChI=1S/C25H27NO2/c1-19(25(27)28)24(23-16-10-5-11-17-23)26(18-21-12-6-3-7-13-21)20(2)22-14-8-4-9-15-22/h3-17,19-20,24H,18H2,1-2H3,(H,27,28)/t19-,20-,24+/m1/s1. The zero-order valence-electron chi connectivity index (χ0n) is 16.4. The van der Waals surface area contributed by atoms with Gasteiger partial charge in [0.15, 0.2) is 0 Å². The summed E-state index contributed by atoms with van der Waals surface area (Å²) in [5.74, 6) is -1.33. The molecule has 0 aliphatic heterocycles. The summed E-state index contributed by atoms with van der Waals surface area (Å²) in [5, 5.41) is 9.85. The highest BCUT2D eigenvalue weighted by molar-refractivity contribution is 5.70. The van der Waals surface area contributed by atoms with Crippen LogP contribution < -0.4 is 0 Å². The highest BCUT2D eigenvalue weighted by Gasteiger charge is 2.33. The monoisotopic (exact) mass is 373 g/mol. The second kappa shape index (κ2) is 9.34. The van der Waals surface area contributed by atoms with Gasteiger partial charge in [0.1, 0.15) is 0 Å². The van der Waals surface area contributed by atoms with E-state index in [1.807, 2.05) is 66.7 Å². The van der Waals surface area contributed by atoms with Crippen LogP contribution in [0.5, 0.6) is 0 Å². The van der Waals surface area contributed by atoms with E-state index in [1.165, 1.54) is 11.1 Å². The third-order valence-corrected chi connectivity index (χ3v) is 5.35. The van der Waals surface area contributed by atoms with E-state index in [0.717, 1.165) is 5.56 Å². The summed E-state index contributed by atoms with van der Waals surface area (Å²) in [4.78, 5) is 14.3. The van der Waals surface area contributed by atoms with Crippen LogP contribution >= 0.6 is 0 Å². The van der Waals surface area contributed by atoms with Crippen molar-refractivity contribution in [2.75, 3.05) is 0 Å². The SMILES string of the molecule is C[C@H](c1ccccc1)N(Cc1ccccc1)[C@H](c1ccccc1)[C@@H](C)C(=O)O. The quantitative estimate of drug-likeness (QED) is 0.550. The molecule has 144 valence electrons. The normalized spacial score (nSPS) is 14.4. The fourth-order valence-corrected chi connectivity index (χ4v) is 3.75. The molecule has 0 fully saturated rings. The Morgan fingerprint density at radius 3 is 1.75 bits per heavy atom. The van der Waals surface area contributed by atoms with E-state index < -0.39 is 11.9 Å². The van der Waals surface area contributed by atoms with E-state index in [-0.39, 0.29) is 12.1 Å². The molecule has 0 spiro atoms. The number of hydrogen-bond donors (Lipinski definition) is 1. The fraction of sp³-hybridized carbons (Fsp3) is 0.240. The highest BCUT2D eigenvalue weighted by Crippen LogP contribution is 2.37. The number of carboxylic acids is 1. The maximum atomic E-state index is 12.0. The molecule has 3 aromatic carbocycles. The Morgan fingerprint density at radius 2 is 1.25 bits per heavy atom. The van der Waals surface area contributed by atoms with Crippen LogP contribution in [0, 0.1) is 5.92 Å². The van der Waals surface area contributed by atoms with Crippen LogP contribution in [0.3, 0.4) is 0 Å². The Kier molecular flexibility index (Phi) is 6.62. The largest absolute Gasteiger partial charge is 0.481 e. The first-order valence-electron chi connectivity index (χ1n) is 9.70. The molecular weight excluding hydrogens is 346 g/mol. The van der Waals surface area contributed by atoms with Crippen molar-refractivity contribution < 1.29 is 9.90 Å². The minimum absolute atomic E-state index is 0.0633. The van der Waals surface area contributed by atoms with E-state index >= 15 is 0 Å². The van der Waals surface area contributed by atoms with Gasteiger partial charge in [-0.15, -0.1) is 0 Å². The predicted octanol–water partition coefficient (Wildman–Crippen LogP) is 5.71. The van der Waals surface area contributed by atoms with E-state index in [2.05, 4.69) is 36.1 Å². The number of nitrogens with zero attached hydrogens (tertiary/aromatic N) is 1. The second-order valence-electron chi connectivity index (χ2n) is 7.23. The molecule has 0 aliphatic rings. The summed E-state index contributed by atoms with van der Waals surface area (Å²) in [6.45, 7) is 4.63. The summed E-state index contributed by atoms with van der Waals surface area (Å²) in [7, 11) is 0. The molecule has 0 saturated heterocycles. The third kappa shape index (κ3) is 4.68. The first-order valence-corrected chi connectivity index (χ1v) is 9.70. The van der Waals surface area contributed by atoms with Gasteiger partial charge in [-0.25, -0.2) is 0 Å². The summed E-state index contributed by atoms with van der Waals surface area (Å²) in [6, 6.07) is 30.3. The number of hydrogen-bond acceptors (Lipinski definition) is 2. The maximum absolute atomic E-state index is 12.0. The minimum Gasteiger partial charge on any atom is -0.481 e. The van der Waals surface area contributed by atoms with Gasteiger partial charge in [-0.2, -0.15) is 0 Å². The summed E-state index contributed by atoms with van der Waals surface area (Å²) < 4.78 is 0. The fourth-order valence-electron chi connectivity index (χ4n) is 3.75. The van der Waals surface area contributed by atoms with Gasteiger partial charge < -0.3 is 5.11 Å². The number of carbonyl (C=O) groups is 1. The van der Waals surface area contributed by atoms with Gasteiger partial charge in [0.25, 0.3) is 0 Å². The van der Waals surface area contributed by atoms with Crippen LogP contribution in [-0.4, -0.2) is 16.0 Å². The summed E-state index contributed by atoms with van der Waals surface area (Å²) in [6.07, 6.45) is 0. The summed E-state index contributed by atoms with van der Waals surface area (Å²) in [5.41, 5.74) is 3.37. The lowest BCUT2D eigenvalue weighted by atomic mass is 9.90. The lowest BCUT2D eigenvalue weighted by Gasteiger charge is -2.39. The molecule has 0 amide bonds. The third-order valence-electron chi connectivity index (χ3n) is 5.35.